The Hall–Kier alpha value is 1.62. The molecule has 0 aliphatic heterocycles. The maximum atomic E-state index is 13.0. The predicted molar refractivity (Wildman–Crippen MR) is 699 cm³/mol. The molecule has 5 nitrogen and oxygen atoms in total. The molecule has 0 bridgehead atoms. The summed E-state index contributed by atoms with van der Waals surface area (Å²) in [5, 5.41) is 3.13. The van der Waals surface area contributed by atoms with Crippen LogP contribution in [0.3, 0.4) is 0 Å². The molecule has 1 amide bonds. The Morgan fingerprint density at radius 1 is 0.233 bits per heavy atom. The van der Waals surface area contributed by atoms with E-state index in [9.17, 15) is 9.59 Å². The number of benzene rings is 3. The van der Waals surface area contributed by atoms with Gasteiger partial charge >= 0.3 is 0 Å². The number of halogens is 1. The number of nitrogens with one attached hydrogen (secondary N) is 1. The molecule has 102 heteroatoms. The smallest absolute Gasteiger partial charge is 0.255 e. The Morgan fingerprint density at radius 3 is 0.647 bits per heavy atom. The highest BCUT2D eigenvalue weighted by Crippen LogP contribution is 2.32. The number of aromatic nitrogens is 2. The summed E-state index contributed by atoms with van der Waals surface area (Å²) in [6.07, 6.45) is -84.2. The third-order valence-electron chi connectivity index (χ3n) is 26.3. The van der Waals surface area contributed by atoms with Gasteiger partial charge in [0.2, 0.25) is 0 Å². The predicted octanol–water partition coefficient (Wildman–Crippen LogP) is -29.4. The van der Waals surface area contributed by atoms with E-state index in [2.05, 4.69) is 15.3 Å². The number of carbonyl (C=O) groups excluding carboxylic acids is 2. The van der Waals surface area contributed by atoms with Gasteiger partial charge in [0.1, 0.15) is 0 Å². The molecular weight excluding hydrogens is 1520 g/mol. The van der Waals surface area contributed by atoms with E-state index in [1.54, 1.807) is 30.6 Å². The summed E-state index contributed by atoms with van der Waals surface area (Å²) in [7, 11) is 346. The van der Waals surface area contributed by atoms with Crippen LogP contribution >= 0.6 is 11.6 Å². The Balaban J connectivity index is 0.000000815. The molecule has 5 aromatic rings. The molecule has 133 heavy (non-hydrogen) atoms. The lowest BCUT2D eigenvalue weighted by molar-refractivity contribution is 0.0992. The van der Waals surface area contributed by atoms with Crippen LogP contribution in [-0.4, -0.2) is 701 Å². The first kappa shape index (κ1) is 127. The fourth-order valence-electron chi connectivity index (χ4n) is 21.1. The van der Waals surface area contributed by atoms with Crippen molar-refractivity contribution in [3.05, 3.63) is 137 Å². The molecule has 0 spiro atoms. The lowest BCUT2D eigenvalue weighted by atomic mass is 8.18. The maximum Gasteiger partial charge on any atom is 0.255 e. The number of ketones is 1. The van der Waals surface area contributed by atoms with Gasteiger partial charge in [0.05, 0.1) is 23.3 Å². The number of hydrogen-bond acceptors (Lipinski definition) is 4. The Labute approximate surface area is 890 Å². The number of carbonyl (C=O) groups is 2. The van der Waals surface area contributed by atoms with E-state index in [0.29, 0.717) is 21.8 Å². The van der Waals surface area contributed by atoms with Crippen LogP contribution in [0.2, 0.25) is 5.02 Å². The van der Waals surface area contributed by atoms with Gasteiger partial charge in [-0.05, 0) is 42.0 Å². The fourth-order valence-corrected chi connectivity index (χ4v) is 21.4. The molecule has 0 atom stereocenters. The standard InChI is InChI=1S/C31H22ClN3O2.B96/c32-26-17-24(30(36)15-21-11-13-28(33-19-21)22-7-3-1-4-8-22)16-25(18-26)31(37)35-27-12-14-29(34-20-27)23-9-5-2-6-10-23;1-50(2)74(49)86(73(47)48)92(85(71(43)44)72(45)46)95(91(83(67(35)36)68(37)38)84(69(39)40)70(41)42)96(93(87(75(51(3)4)52(5)6)76(53(7)8)54(9)10)88(77(55(11)12)56(13)14)78(57(15)16)58(17)18)94(89(79(59(19)20)60(21)22)80(61(23)24)62(25)26)90(81(63(27)28)64(29)30)82(65(31)32)66(33)34/h1-14,16-20H,15H2,(H,35,37);. The second kappa shape index (κ2) is 59.6. The number of hydrogen-bond donors (Lipinski definition) is 1. The van der Waals surface area contributed by atoms with E-state index in [-0.39, 0.29) is 18.1 Å². The molecule has 3 aromatic carbocycles. The van der Waals surface area contributed by atoms with Gasteiger partial charge in [-0.25, -0.2) is 0 Å². The van der Waals surface area contributed by atoms with Crippen LogP contribution in [0.25, 0.3) is 22.5 Å². The number of Topliss-reactive ketones (excluding diaryl/α,β-unsaturated/α-hetero) is 1. The van der Waals surface area contributed by atoms with Crippen molar-refractivity contribution < 1.29 is 9.59 Å². The Kier molecular flexibility index (Phi) is 56.8. The van der Waals surface area contributed by atoms with Crippen LogP contribution in [0.15, 0.2) is 116 Å². The molecule has 0 saturated carbocycles. The monoisotopic (exact) mass is 1560 g/mol. The molecule has 0 aliphatic rings. The zero-order valence-corrected chi connectivity index (χ0v) is 75.9. The normalized spacial score (nSPS) is 10.1. The summed E-state index contributed by atoms with van der Waals surface area (Å²) < 4.78 is 0. The summed E-state index contributed by atoms with van der Waals surface area (Å²) in [5.41, 5.74) is 5.62. The van der Waals surface area contributed by atoms with Crippen LogP contribution in [0, 0.1) is 0 Å². The van der Waals surface area contributed by atoms with Gasteiger partial charge in [-0.2, -0.15) is 0 Å². The van der Waals surface area contributed by atoms with Gasteiger partial charge in [0.15, 0.2) is 5.78 Å². The average molecular weight is 1540 g/mol. The number of rotatable bonds is 53. The second-order valence-corrected chi connectivity index (χ2v) is 36.1. The van der Waals surface area contributed by atoms with Gasteiger partial charge in [-0.15, -0.1) is 0 Å². The zero-order valence-electron chi connectivity index (χ0n) is 75.2. The van der Waals surface area contributed by atoms with Crippen molar-refractivity contribution >= 4 is 708 Å². The highest BCUT2D eigenvalue weighted by Gasteiger charge is 2.68. The van der Waals surface area contributed by atoms with Gasteiger partial charge in [0.25, 0.3) is 5.91 Å². The van der Waals surface area contributed by atoms with Crippen LogP contribution in [0.5, 0.6) is 0 Å². The van der Waals surface area contributed by atoms with Crippen LogP contribution in [-0.2, 0) is 6.42 Å². The van der Waals surface area contributed by atoms with Gasteiger partial charge in [0, 0.05) is 719 Å². The van der Waals surface area contributed by atoms with Crippen molar-refractivity contribution in [2.75, 3.05) is 5.32 Å². The molecule has 5 rings (SSSR count). The summed E-state index contributed by atoms with van der Waals surface area (Å²) >= 11 is 6.26. The quantitative estimate of drug-likeness (QED) is 0.0311. The zero-order chi connectivity index (χ0) is 102. The van der Waals surface area contributed by atoms with E-state index in [0.717, 1.165) is 28.1 Å². The van der Waals surface area contributed by atoms with Crippen LogP contribution in [0.4, 0.5) is 5.69 Å². The van der Waals surface area contributed by atoms with Crippen molar-refractivity contribution in [2.45, 2.75) is 6.42 Å². The minimum Gasteiger partial charge on any atom is -0.321 e. The molecule has 1 N–H and O–H groups in total. The first-order valence-electron chi connectivity index (χ1n) is 43.4. The summed E-state index contributed by atoms with van der Waals surface area (Å²) in [6.45, 7) is 0. The number of anilines is 1. The summed E-state index contributed by atoms with van der Waals surface area (Å²) in [5.74, 6) is -0.528. The molecule has 0 unspecified atom stereocenters. The molecule has 98 radical (unpaired) electrons. The largest absolute Gasteiger partial charge is 0.321 e. The van der Waals surface area contributed by atoms with Crippen LogP contribution < -0.4 is 5.32 Å². The molecule has 0 saturated heterocycles. The van der Waals surface area contributed by atoms with Crippen molar-refractivity contribution in [1.82, 2.24) is 9.97 Å². The number of nitrogens with zero attached hydrogens (tertiary/aromatic N) is 2. The molecule has 2 heterocycles. The first-order valence-corrected chi connectivity index (χ1v) is 43.8. The summed E-state index contributed by atoms with van der Waals surface area (Å²) in [4.78, 5) is 34.8. The third-order valence-corrected chi connectivity index (χ3v) is 26.5. The van der Waals surface area contributed by atoms with Crippen molar-refractivity contribution in [2.24, 2.45) is 0 Å². The van der Waals surface area contributed by atoms with Gasteiger partial charge in [-0.1, -0.05) is 78.3 Å². The highest BCUT2D eigenvalue weighted by atomic mass is 35.5. The minimum atomic E-state index is -2.26. The summed E-state index contributed by atoms with van der Waals surface area (Å²) in [6, 6.07) is 31.7. The highest BCUT2D eigenvalue weighted by molar-refractivity contribution is 8.43. The Bertz CT molecular complexity index is 3650. The first-order chi connectivity index (χ1) is 61.7. The Morgan fingerprint density at radius 2 is 0.444 bits per heavy atom. The van der Waals surface area contributed by atoms with E-state index in [1.807, 2.05) is 78.9 Å². The average Bonchev–Trinajstić information content (AvgIpc) is 0.706. The number of pyridine rings is 2. The van der Waals surface area contributed by atoms with Crippen molar-refractivity contribution in [1.29, 1.82) is 0 Å². The number of amides is 1. The minimum absolute atomic E-state index is 0.147. The lowest BCUT2D eigenvalue weighted by Crippen LogP contribution is -3.01. The van der Waals surface area contributed by atoms with Crippen molar-refractivity contribution in [3.8, 4) is 22.5 Å². The third kappa shape index (κ3) is 34.9. The fraction of sp³-hybridized carbons (Fsp3) is 0.0323. The topological polar surface area (TPSA) is 72.0 Å². The van der Waals surface area contributed by atoms with E-state index < -0.39 is 300 Å². The molecular formula is C31H22B96ClN3O2. The molecule has 2 aromatic heterocycles. The van der Waals surface area contributed by atoms with Crippen LogP contribution in [0.1, 0.15) is 26.3 Å². The van der Waals surface area contributed by atoms with E-state index in [1.165, 1.54) is 6.07 Å². The molecule has 0 fully saturated rings. The maximum absolute atomic E-state index is 13.0. The SMILES string of the molecule is O=C(Cc1ccc(-c2ccccc2)nc1)c1cc(Cl)cc(C(=O)Nc2ccc(-c3ccccc3)nc2)c1.[B]B([B])B([B])B(B([B])[B])B(B(B([B])[B])B([B])[B])B(B(B(B([B])[B])B([B])[B])B(B([B])[B])B([B])[B])B(B(B(B(B([B])[B])B([B])[B])B(B([B])[B])B([B])[B])B(B(B([B])[B])B([B])[B])B(B([B])[B])B([B])[B])B(B(B(B([B])[B])B([B])[B])B(B([B])[B])B([B])[B])B(B(B([B])[B])B([B])[B])B(B([B])[B])B([B])[B]. The van der Waals surface area contributed by atoms with E-state index in [4.69, 9.17) is 391 Å². The molecule has 468 valence electrons. The molecule has 0 aliphatic carbocycles. The van der Waals surface area contributed by atoms with Gasteiger partial charge < -0.3 is 5.32 Å². The lowest BCUT2D eigenvalue weighted by Gasteiger charge is -2.63. The van der Waals surface area contributed by atoms with E-state index >= 15 is 0 Å². The van der Waals surface area contributed by atoms with Crippen molar-refractivity contribution in [3.63, 3.8) is 0 Å². The van der Waals surface area contributed by atoms with Gasteiger partial charge in [-0.3, -0.25) is 19.6 Å². The second-order valence-electron chi connectivity index (χ2n) is 35.6.